The van der Waals surface area contributed by atoms with Gasteiger partial charge in [0.25, 0.3) is 0 Å². The first-order valence-electron chi connectivity index (χ1n) is 17.0. The fourth-order valence-electron chi connectivity index (χ4n) is 8.04. The first kappa shape index (κ1) is 28.4. The van der Waals surface area contributed by atoms with E-state index >= 15 is 0 Å². The van der Waals surface area contributed by atoms with Crippen molar-refractivity contribution in [2.75, 3.05) is 0 Å². The minimum Gasteiger partial charge on any atom is -0.457 e. The molecule has 0 saturated heterocycles. The second kappa shape index (κ2) is 11.3. The third kappa shape index (κ3) is 4.23. The molecular formula is C47H30N2O. The van der Waals surface area contributed by atoms with E-state index in [-0.39, 0.29) is 0 Å². The van der Waals surface area contributed by atoms with E-state index in [0.717, 1.165) is 50.7 Å². The Morgan fingerprint density at radius 3 is 1.38 bits per heavy atom. The molecule has 10 rings (SSSR count). The van der Waals surface area contributed by atoms with Gasteiger partial charge < -0.3 is 4.74 Å². The Morgan fingerprint density at radius 1 is 0.340 bits per heavy atom. The molecule has 0 N–H and O–H groups in total. The van der Waals surface area contributed by atoms with Crippen LogP contribution in [0.25, 0.3) is 56.2 Å². The molecule has 0 amide bonds. The first-order chi connectivity index (χ1) is 24.8. The van der Waals surface area contributed by atoms with E-state index < -0.39 is 5.41 Å². The molecule has 0 bridgehead atoms. The maximum absolute atomic E-state index is 6.67. The second-order valence-corrected chi connectivity index (χ2v) is 12.9. The number of aromatic nitrogens is 2. The molecule has 0 fully saturated rings. The lowest BCUT2D eigenvalue weighted by Crippen LogP contribution is -2.34. The van der Waals surface area contributed by atoms with Gasteiger partial charge >= 0.3 is 0 Å². The average Bonchev–Trinajstić information content (AvgIpc) is 3.30. The van der Waals surface area contributed by atoms with Crippen LogP contribution in [0.15, 0.2) is 182 Å². The van der Waals surface area contributed by atoms with Crippen molar-refractivity contribution in [1.29, 1.82) is 0 Å². The molecule has 0 radical (unpaired) electrons. The van der Waals surface area contributed by atoms with E-state index in [4.69, 9.17) is 14.7 Å². The Bertz CT molecular complexity index is 2470. The van der Waals surface area contributed by atoms with Gasteiger partial charge in [-0.1, -0.05) is 158 Å². The van der Waals surface area contributed by atoms with Gasteiger partial charge in [0, 0.05) is 27.8 Å². The van der Waals surface area contributed by atoms with Gasteiger partial charge in [-0.3, -0.25) is 0 Å². The summed E-state index contributed by atoms with van der Waals surface area (Å²) in [5, 5.41) is 0. The minimum atomic E-state index is -0.689. The molecule has 0 unspecified atom stereocenters. The summed E-state index contributed by atoms with van der Waals surface area (Å²) in [6.07, 6.45) is 0. The number of nitrogens with zero attached hydrogens (tertiary/aromatic N) is 2. The molecule has 2 aliphatic rings. The molecule has 1 aliphatic carbocycles. The third-order valence-corrected chi connectivity index (χ3v) is 10.2. The van der Waals surface area contributed by atoms with Gasteiger partial charge in [-0.25, -0.2) is 9.97 Å². The zero-order valence-electron chi connectivity index (χ0n) is 27.1. The molecule has 3 nitrogen and oxygen atoms in total. The van der Waals surface area contributed by atoms with Gasteiger partial charge in [-0.2, -0.15) is 0 Å². The van der Waals surface area contributed by atoms with E-state index in [9.17, 15) is 0 Å². The van der Waals surface area contributed by atoms with Gasteiger partial charge in [0.05, 0.1) is 16.8 Å². The summed E-state index contributed by atoms with van der Waals surface area (Å²) in [5.74, 6) is 2.40. The molecule has 0 saturated carbocycles. The van der Waals surface area contributed by atoms with Crippen LogP contribution in [0.1, 0.15) is 22.3 Å². The van der Waals surface area contributed by atoms with Crippen LogP contribution in [0.4, 0.5) is 0 Å². The van der Waals surface area contributed by atoms with Crippen LogP contribution in [0.3, 0.4) is 0 Å². The van der Waals surface area contributed by atoms with Crippen LogP contribution < -0.4 is 4.74 Å². The molecule has 50 heavy (non-hydrogen) atoms. The smallest absolute Gasteiger partial charge is 0.160 e. The first-order valence-corrected chi connectivity index (χ1v) is 17.0. The Hall–Kier alpha value is -6.58. The summed E-state index contributed by atoms with van der Waals surface area (Å²) in [4.78, 5) is 10.5. The number of hydrogen-bond donors (Lipinski definition) is 0. The highest BCUT2D eigenvalue weighted by atomic mass is 16.5. The molecule has 234 valence electrons. The molecule has 0 atom stereocenters. The minimum absolute atomic E-state index is 0.683. The number of benzene rings is 7. The lowest BCUT2D eigenvalue weighted by molar-refractivity contribution is 0.435. The summed E-state index contributed by atoms with van der Waals surface area (Å²) in [6, 6.07) is 64.3. The van der Waals surface area contributed by atoms with Crippen LogP contribution in [0.2, 0.25) is 0 Å². The van der Waals surface area contributed by atoms with E-state index in [1.807, 2.05) is 12.1 Å². The maximum atomic E-state index is 6.67. The van der Waals surface area contributed by atoms with Crippen molar-refractivity contribution in [2.45, 2.75) is 5.41 Å². The molecule has 1 aromatic heterocycles. The lowest BCUT2D eigenvalue weighted by Gasteiger charge is -2.42. The van der Waals surface area contributed by atoms with E-state index in [2.05, 4.69) is 170 Å². The number of rotatable bonds is 3. The predicted molar refractivity (Wildman–Crippen MR) is 201 cm³/mol. The largest absolute Gasteiger partial charge is 0.457 e. The molecule has 8 aromatic rings. The summed E-state index contributed by atoms with van der Waals surface area (Å²) in [5.41, 5.74) is 13.5. The molecular weight excluding hydrogens is 609 g/mol. The van der Waals surface area contributed by atoms with Crippen molar-refractivity contribution in [3.05, 3.63) is 204 Å². The Balaban J connectivity index is 1.33. The van der Waals surface area contributed by atoms with Gasteiger partial charge in [0.15, 0.2) is 5.82 Å². The van der Waals surface area contributed by atoms with Crippen molar-refractivity contribution in [2.24, 2.45) is 0 Å². The van der Waals surface area contributed by atoms with Crippen LogP contribution in [0, 0.1) is 0 Å². The molecule has 7 aromatic carbocycles. The highest BCUT2D eigenvalue weighted by Crippen LogP contribution is 2.61. The van der Waals surface area contributed by atoms with Crippen molar-refractivity contribution >= 4 is 0 Å². The number of para-hydroxylation sites is 2. The lowest BCUT2D eigenvalue weighted by atomic mass is 9.62. The van der Waals surface area contributed by atoms with Crippen LogP contribution in [-0.2, 0) is 5.41 Å². The maximum Gasteiger partial charge on any atom is 0.160 e. The highest BCUT2D eigenvalue weighted by Gasteiger charge is 2.49. The van der Waals surface area contributed by atoms with Crippen molar-refractivity contribution in [1.82, 2.24) is 9.97 Å². The highest BCUT2D eigenvalue weighted by molar-refractivity contribution is 5.94. The SMILES string of the molecule is c1ccc(-c2cc(-c3ccccc3)nc(-c3ccc4c(c3)C3(c5ccccc5Oc5ccccc53)c3ccccc3-c3ccccc3-4)n2)cc1. The summed E-state index contributed by atoms with van der Waals surface area (Å²) < 4.78 is 6.67. The fourth-order valence-corrected chi connectivity index (χ4v) is 8.04. The quantitative estimate of drug-likeness (QED) is 0.193. The van der Waals surface area contributed by atoms with Gasteiger partial charge in [-0.15, -0.1) is 0 Å². The number of hydrogen-bond acceptors (Lipinski definition) is 3. The molecule has 2 heterocycles. The summed E-state index contributed by atoms with van der Waals surface area (Å²) in [7, 11) is 0. The predicted octanol–water partition coefficient (Wildman–Crippen LogP) is 11.6. The summed E-state index contributed by atoms with van der Waals surface area (Å²) in [6.45, 7) is 0. The third-order valence-electron chi connectivity index (χ3n) is 10.2. The topological polar surface area (TPSA) is 35.0 Å². The zero-order valence-corrected chi connectivity index (χ0v) is 27.1. The number of ether oxygens (including phenoxy) is 1. The van der Waals surface area contributed by atoms with Crippen LogP contribution in [-0.4, -0.2) is 9.97 Å². The van der Waals surface area contributed by atoms with E-state index in [0.29, 0.717) is 5.82 Å². The average molecular weight is 639 g/mol. The standard InChI is InChI=1S/C47H30N2O/c1-3-15-31(16-4-1)42-30-43(32-17-5-2-6-18-32)49-46(48-42)33-27-28-37-35-20-8-7-19-34(35)36-21-9-10-22-38(36)47(41(37)29-33)39-23-11-13-25-44(39)50-45-26-14-12-24-40(45)47/h1-30H. The Labute approximate surface area is 291 Å². The Morgan fingerprint density at radius 2 is 0.800 bits per heavy atom. The van der Waals surface area contributed by atoms with Crippen molar-refractivity contribution < 1.29 is 4.74 Å². The molecule has 1 aliphatic heterocycles. The van der Waals surface area contributed by atoms with Gasteiger partial charge in [0.2, 0.25) is 0 Å². The second-order valence-electron chi connectivity index (χ2n) is 12.9. The van der Waals surface area contributed by atoms with Crippen LogP contribution in [0.5, 0.6) is 11.5 Å². The Kier molecular flexibility index (Phi) is 6.40. The van der Waals surface area contributed by atoms with Crippen molar-refractivity contribution in [3.63, 3.8) is 0 Å². The zero-order chi connectivity index (χ0) is 33.1. The fraction of sp³-hybridized carbons (Fsp3) is 0.0213. The summed E-state index contributed by atoms with van der Waals surface area (Å²) >= 11 is 0. The normalized spacial score (nSPS) is 13.1. The van der Waals surface area contributed by atoms with Gasteiger partial charge in [-0.05, 0) is 57.6 Å². The number of fused-ring (bicyclic) bond motifs is 11. The van der Waals surface area contributed by atoms with E-state index in [1.165, 1.54) is 33.4 Å². The molecule has 3 heteroatoms. The van der Waals surface area contributed by atoms with E-state index in [1.54, 1.807) is 0 Å². The van der Waals surface area contributed by atoms with Gasteiger partial charge in [0.1, 0.15) is 11.5 Å². The molecule has 1 spiro atoms. The van der Waals surface area contributed by atoms with Crippen LogP contribution >= 0.6 is 0 Å². The van der Waals surface area contributed by atoms with Crippen molar-refractivity contribution in [3.8, 4) is 67.7 Å². The monoisotopic (exact) mass is 638 g/mol.